The van der Waals surface area contributed by atoms with Crippen molar-refractivity contribution in [3.63, 3.8) is 0 Å². The fourth-order valence-electron chi connectivity index (χ4n) is 5.88. The topological polar surface area (TPSA) is 139 Å². The molecule has 2 aliphatic heterocycles. The Bertz CT molecular complexity index is 1700. The van der Waals surface area contributed by atoms with E-state index >= 15 is 0 Å². The second kappa shape index (κ2) is 14.8. The number of rotatable bonds is 4. The molecule has 0 spiro atoms. The average molecular weight is 638 g/mol. The number of carbonyl (C=O) groups is 2. The summed E-state index contributed by atoms with van der Waals surface area (Å²) in [6, 6.07) is 21.7. The molecule has 6 rings (SSSR count). The Balaban J connectivity index is 1.28. The summed E-state index contributed by atoms with van der Waals surface area (Å²) in [6.07, 6.45) is 3.42. The minimum absolute atomic E-state index is 0.161. The van der Waals surface area contributed by atoms with E-state index in [1.54, 1.807) is 20.3 Å². The Kier molecular flexibility index (Phi) is 9.97. The third kappa shape index (κ3) is 8.08. The fraction of sp³-hybridized carbons (Fsp3) is 0.314. The van der Waals surface area contributed by atoms with Crippen molar-refractivity contribution in [2.45, 2.75) is 37.9 Å². The number of methoxy groups -OCH3 is 2. The fourth-order valence-corrected chi connectivity index (χ4v) is 5.88. The van der Waals surface area contributed by atoms with Crippen molar-refractivity contribution in [3.05, 3.63) is 90.3 Å². The van der Waals surface area contributed by atoms with E-state index in [0.29, 0.717) is 42.5 Å². The van der Waals surface area contributed by atoms with Crippen LogP contribution in [0.5, 0.6) is 17.2 Å². The molecule has 1 fully saturated rings. The highest BCUT2D eigenvalue weighted by atomic mass is 16.5. The third-order valence-electron chi connectivity index (χ3n) is 8.25. The highest BCUT2D eigenvalue weighted by Gasteiger charge is 2.33. The molecule has 2 atom stereocenters. The van der Waals surface area contributed by atoms with Gasteiger partial charge >= 0.3 is 0 Å². The Labute approximate surface area is 273 Å². The van der Waals surface area contributed by atoms with E-state index in [1.165, 1.54) is 6.33 Å². The van der Waals surface area contributed by atoms with Crippen molar-refractivity contribution >= 4 is 34.8 Å². The molecule has 3 aromatic carbocycles. The first-order chi connectivity index (χ1) is 23.0. The van der Waals surface area contributed by atoms with Crippen LogP contribution in [0.25, 0.3) is 0 Å². The molecule has 47 heavy (non-hydrogen) atoms. The zero-order chi connectivity index (χ0) is 32.6. The van der Waals surface area contributed by atoms with E-state index in [1.807, 2.05) is 60.7 Å². The number of hydrogen-bond donors (Lipinski definition) is 4. The number of carbonyl (C=O) groups excluding carboxylic acids is 2. The minimum atomic E-state index is -0.778. The standard InChI is InChI=1S/C35H39N7O5/c1-45-27-11-8-23(9-12-27)18-28-34(43)36-14-16-47-31-19-26(10-13-30(31)46-2)40-33-20-32(37-22-38-33)39-25-6-3-5-24(17-25)21-42-15-4-7-29(42)35(44)41-28/h3,5-6,8-13,17,19-20,22,28-29H,4,7,14-16,18,21H2,1-2H3,(H,36,43)(H,41,44)(H2,37,38,39,40)/t28-,29-/m0/s1. The molecule has 0 radical (unpaired) electrons. The van der Waals surface area contributed by atoms with Crippen LogP contribution in [0.3, 0.4) is 0 Å². The number of nitrogens with one attached hydrogen (secondary N) is 4. The zero-order valence-electron chi connectivity index (χ0n) is 26.5. The predicted octanol–water partition coefficient (Wildman–Crippen LogP) is 4.18. The van der Waals surface area contributed by atoms with Gasteiger partial charge < -0.3 is 35.5 Å². The second-order valence-corrected chi connectivity index (χ2v) is 11.5. The lowest BCUT2D eigenvalue weighted by Gasteiger charge is -2.26. The number of fused-ring (bicyclic) bond motifs is 7. The van der Waals surface area contributed by atoms with E-state index in [0.717, 1.165) is 41.2 Å². The van der Waals surface area contributed by atoms with Crippen LogP contribution in [-0.4, -0.2) is 72.7 Å². The molecule has 4 aromatic rings. The molecule has 0 unspecified atom stereocenters. The largest absolute Gasteiger partial charge is 0.497 e. The number of ether oxygens (including phenoxy) is 3. The Morgan fingerprint density at radius 2 is 1.68 bits per heavy atom. The molecule has 0 aliphatic carbocycles. The molecule has 2 aliphatic rings. The van der Waals surface area contributed by atoms with Gasteiger partial charge in [0.2, 0.25) is 11.8 Å². The van der Waals surface area contributed by atoms with E-state index in [-0.39, 0.29) is 31.0 Å². The summed E-state index contributed by atoms with van der Waals surface area (Å²) in [6.45, 7) is 1.79. The summed E-state index contributed by atoms with van der Waals surface area (Å²) in [5.74, 6) is 2.55. The summed E-state index contributed by atoms with van der Waals surface area (Å²) in [4.78, 5) is 38.3. The first-order valence-corrected chi connectivity index (χ1v) is 15.7. The van der Waals surface area contributed by atoms with E-state index < -0.39 is 6.04 Å². The summed E-state index contributed by atoms with van der Waals surface area (Å²) in [5.41, 5.74) is 3.56. The Morgan fingerprint density at radius 1 is 0.894 bits per heavy atom. The molecular formula is C35H39N7O5. The second-order valence-electron chi connectivity index (χ2n) is 11.5. The van der Waals surface area contributed by atoms with Crippen LogP contribution in [0.2, 0.25) is 0 Å². The predicted molar refractivity (Wildman–Crippen MR) is 179 cm³/mol. The van der Waals surface area contributed by atoms with Gasteiger partial charge in [-0.2, -0.15) is 0 Å². The summed E-state index contributed by atoms with van der Waals surface area (Å²) in [7, 11) is 3.18. The van der Waals surface area contributed by atoms with Crippen molar-refractivity contribution in [2.75, 3.05) is 44.5 Å². The normalized spacial score (nSPS) is 18.9. The van der Waals surface area contributed by atoms with Gasteiger partial charge in [-0.25, -0.2) is 9.97 Å². The smallest absolute Gasteiger partial charge is 0.243 e. The lowest BCUT2D eigenvalue weighted by molar-refractivity contribution is -0.131. The van der Waals surface area contributed by atoms with Crippen LogP contribution < -0.4 is 35.5 Å². The molecule has 6 bridgehead atoms. The molecule has 0 saturated carbocycles. The number of nitrogens with zero attached hydrogens (tertiary/aromatic N) is 3. The van der Waals surface area contributed by atoms with Crippen LogP contribution >= 0.6 is 0 Å². The zero-order valence-corrected chi connectivity index (χ0v) is 26.5. The molecule has 244 valence electrons. The first-order valence-electron chi connectivity index (χ1n) is 15.7. The van der Waals surface area contributed by atoms with Gasteiger partial charge in [-0.05, 0) is 66.9 Å². The molecule has 2 amide bonds. The van der Waals surface area contributed by atoms with Crippen LogP contribution in [0, 0.1) is 0 Å². The quantitative estimate of drug-likeness (QED) is 0.258. The van der Waals surface area contributed by atoms with Crippen LogP contribution in [0.15, 0.2) is 79.1 Å². The Morgan fingerprint density at radius 3 is 2.45 bits per heavy atom. The number of benzene rings is 3. The van der Waals surface area contributed by atoms with Crippen molar-refractivity contribution in [1.29, 1.82) is 0 Å². The van der Waals surface area contributed by atoms with Gasteiger partial charge in [-0.15, -0.1) is 0 Å². The van der Waals surface area contributed by atoms with Crippen LogP contribution in [0.1, 0.15) is 24.0 Å². The SMILES string of the molecule is COc1ccc(C[C@@H]2NC(=O)[C@@H]3CCCN3Cc3cccc(c3)Nc3cc(ncn3)Nc3ccc(OC)c(c3)OCCNC2=O)cc1. The van der Waals surface area contributed by atoms with Gasteiger partial charge in [-0.1, -0.05) is 24.3 Å². The molecule has 12 heteroatoms. The van der Waals surface area contributed by atoms with Crippen molar-refractivity contribution < 1.29 is 23.8 Å². The van der Waals surface area contributed by atoms with Crippen LogP contribution in [-0.2, 0) is 22.6 Å². The lowest BCUT2D eigenvalue weighted by atomic mass is 10.0. The maximum absolute atomic E-state index is 13.8. The van der Waals surface area contributed by atoms with Crippen molar-refractivity contribution in [3.8, 4) is 17.2 Å². The highest BCUT2D eigenvalue weighted by Crippen LogP contribution is 2.32. The van der Waals surface area contributed by atoms with E-state index in [9.17, 15) is 9.59 Å². The maximum atomic E-state index is 13.8. The molecule has 4 N–H and O–H groups in total. The van der Waals surface area contributed by atoms with Crippen molar-refractivity contribution in [2.24, 2.45) is 0 Å². The monoisotopic (exact) mass is 637 g/mol. The van der Waals surface area contributed by atoms with E-state index in [2.05, 4.69) is 42.2 Å². The van der Waals surface area contributed by atoms with Gasteiger partial charge in [0.25, 0.3) is 0 Å². The molecular weight excluding hydrogens is 598 g/mol. The molecule has 1 saturated heterocycles. The minimum Gasteiger partial charge on any atom is -0.497 e. The third-order valence-corrected chi connectivity index (χ3v) is 8.25. The van der Waals surface area contributed by atoms with Gasteiger partial charge in [0, 0.05) is 36.5 Å². The summed E-state index contributed by atoms with van der Waals surface area (Å²) >= 11 is 0. The maximum Gasteiger partial charge on any atom is 0.243 e. The van der Waals surface area contributed by atoms with E-state index in [4.69, 9.17) is 14.2 Å². The number of amides is 2. The molecule has 1 aromatic heterocycles. The molecule has 3 heterocycles. The van der Waals surface area contributed by atoms with Gasteiger partial charge in [-0.3, -0.25) is 14.5 Å². The number of aromatic nitrogens is 2. The van der Waals surface area contributed by atoms with Crippen LogP contribution in [0.4, 0.5) is 23.0 Å². The van der Waals surface area contributed by atoms with Gasteiger partial charge in [0.15, 0.2) is 11.5 Å². The number of anilines is 4. The summed E-state index contributed by atoms with van der Waals surface area (Å²) < 4.78 is 16.8. The summed E-state index contributed by atoms with van der Waals surface area (Å²) in [5, 5.41) is 12.7. The van der Waals surface area contributed by atoms with Crippen molar-refractivity contribution in [1.82, 2.24) is 25.5 Å². The Hall–Kier alpha value is -5.36. The van der Waals surface area contributed by atoms with Gasteiger partial charge in [0.05, 0.1) is 26.8 Å². The number of hydrogen-bond acceptors (Lipinski definition) is 10. The highest BCUT2D eigenvalue weighted by molar-refractivity contribution is 5.90. The van der Waals surface area contributed by atoms with Gasteiger partial charge in [0.1, 0.15) is 36.4 Å². The lowest BCUT2D eigenvalue weighted by Crippen LogP contribution is -2.53. The first kappa shape index (κ1) is 31.6. The average Bonchev–Trinajstić information content (AvgIpc) is 3.55. The molecule has 12 nitrogen and oxygen atoms in total.